The summed E-state index contributed by atoms with van der Waals surface area (Å²) in [6.45, 7) is 6.60. The molecular formula is C15H30N2O2. The van der Waals surface area contributed by atoms with E-state index in [4.69, 9.17) is 10.5 Å². The lowest BCUT2D eigenvalue weighted by molar-refractivity contribution is -0.177. The Bertz CT molecular complexity index is 296. The summed E-state index contributed by atoms with van der Waals surface area (Å²) in [5.74, 6) is 0.0234. The number of hydrogen-bond acceptors (Lipinski definition) is 4. The van der Waals surface area contributed by atoms with Gasteiger partial charge in [-0.3, -0.25) is 4.79 Å². The Morgan fingerprint density at radius 3 is 1.79 bits per heavy atom. The summed E-state index contributed by atoms with van der Waals surface area (Å²) >= 11 is 0. The highest BCUT2D eigenvalue weighted by atomic mass is 16.6. The monoisotopic (exact) mass is 270 g/mol. The van der Waals surface area contributed by atoms with E-state index >= 15 is 0 Å². The lowest BCUT2D eigenvalue weighted by Gasteiger charge is -2.52. The normalized spacial score (nSPS) is 33.4. The van der Waals surface area contributed by atoms with E-state index in [1.165, 1.54) is 7.05 Å². The SMILES string of the molecule is CC(C)(C)OC(=O)C12CCC(CN)(CC1)CC2.CN. The topological polar surface area (TPSA) is 78.3 Å². The fourth-order valence-corrected chi connectivity index (χ4v) is 3.26. The zero-order chi connectivity index (χ0) is 14.7. The molecule has 0 aliphatic heterocycles. The maximum atomic E-state index is 12.3. The molecule has 3 aliphatic rings. The van der Waals surface area contributed by atoms with E-state index in [-0.39, 0.29) is 17.0 Å². The predicted octanol–water partition coefficient (Wildman–Crippen LogP) is 2.20. The molecular weight excluding hydrogens is 240 g/mol. The van der Waals surface area contributed by atoms with Gasteiger partial charge in [0.2, 0.25) is 0 Å². The molecule has 0 unspecified atom stereocenters. The zero-order valence-electron chi connectivity index (χ0n) is 12.9. The fourth-order valence-electron chi connectivity index (χ4n) is 3.26. The van der Waals surface area contributed by atoms with Crippen LogP contribution in [0.3, 0.4) is 0 Å². The molecule has 0 aromatic heterocycles. The third-order valence-electron chi connectivity index (χ3n) is 4.67. The smallest absolute Gasteiger partial charge is 0.312 e. The summed E-state index contributed by atoms with van der Waals surface area (Å²) in [5, 5.41) is 0. The molecule has 0 aromatic carbocycles. The van der Waals surface area contributed by atoms with Crippen molar-refractivity contribution >= 4 is 5.97 Å². The molecule has 0 spiro atoms. The fraction of sp³-hybridized carbons (Fsp3) is 0.933. The maximum Gasteiger partial charge on any atom is 0.312 e. The summed E-state index contributed by atoms with van der Waals surface area (Å²) in [5.41, 5.74) is 10.2. The van der Waals surface area contributed by atoms with Gasteiger partial charge in [-0.1, -0.05) is 0 Å². The lowest BCUT2D eigenvalue weighted by Crippen LogP contribution is -2.50. The third kappa shape index (κ3) is 3.48. The quantitative estimate of drug-likeness (QED) is 0.754. The van der Waals surface area contributed by atoms with E-state index in [2.05, 4.69) is 5.73 Å². The van der Waals surface area contributed by atoms with E-state index in [0.717, 1.165) is 45.1 Å². The third-order valence-corrected chi connectivity index (χ3v) is 4.67. The minimum Gasteiger partial charge on any atom is -0.460 e. The highest BCUT2D eigenvalue weighted by Gasteiger charge is 2.53. The minimum absolute atomic E-state index is 0.0234. The largest absolute Gasteiger partial charge is 0.460 e. The van der Waals surface area contributed by atoms with Gasteiger partial charge >= 0.3 is 5.97 Å². The van der Waals surface area contributed by atoms with Crippen LogP contribution in [-0.4, -0.2) is 25.2 Å². The number of hydrogen-bond donors (Lipinski definition) is 2. The molecule has 3 aliphatic carbocycles. The van der Waals surface area contributed by atoms with Gasteiger partial charge in [0.25, 0.3) is 0 Å². The number of carbonyl (C=O) groups is 1. The molecule has 19 heavy (non-hydrogen) atoms. The molecule has 0 radical (unpaired) electrons. The molecule has 2 bridgehead atoms. The van der Waals surface area contributed by atoms with Crippen molar-refractivity contribution in [1.29, 1.82) is 0 Å². The average Bonchev–Trinajstić information content (AvgIpc) is 2.41. The van der Waals surface area contributed by atoms with Crippen LogP contribution in [0.5, 0.6) is 0 Å². The Balaban J connectivity index is 0.000000861. The molecule has 0 heterocycles. The number of rotatable bonds is 2. The number of esters is 1. The summed E-state index contributed by atoms with van der Waals surface area (Å²) in [6.07, 6.45) is 6.21. The second-order valence-corrected chi connectivity index (χ2v) is 6.99. The predicted molar refractivity (Wildman–Crippen MR) is 77.6 cm³/mol. The van der Waals surface area contributed by atoms with Gasteiger partial charge in [0.1, 0.15) is 5.60 Å². The van der Waals surface area contributed by atoms with Gasteiger partial charge in [-0.25, -0.2) is 0 Å². The second-order valence-electron chi connectivity index (χ2n) is 6.99. The lowest BCUT2D eigenvalue weighted by atomic mass is 9.54. The van der Waals surface area contributed by atoms with Crippen molar-refractivity contribution in [3.05, 3.63) is 0 Å². The summed E-state index contributed by atoms with van der Waals surface area (Å²) in [7, 11) is 1.50. The maximum absolute atomic E-state index is 12.3. The zero-order valence-corrected chi connectivity index (χ0v) is 12.9. The van der Waals surface area contributed by atoms with Crippen molar-refractivity contribution in [2.75, 3.05) is 13.6 Å². The molecule has 3 saturated carbocycles. The van der Waals surface area contributed by atoms with Gasteiger partial charge in [-0.2, -0.15) is 0 Å². The van der Waals surface area contributed by atoms with Crippen LogP contribution < -0.4 is 11.5 Å². The first-order chi connectivity index (χ1) is 8.81. The molecule has 4 heteroatoms. The number of nitrogens with two attached hydrogens (primary N) is 2. The highest BCUT2D eigenvalue weighted by Crippen LogP contribution is 2.57. The first-order valence-electron chi connectivity index (χ1n) is 7.32. The number of ether oxygens (including phenoxy) is 1. The Hall–Kier alpha value is -0.610. The van der Waals surface area contributed by atoms with E-state index in [1.54, 1.807) is 0 Å². The molecule has 0 amide bonds. The molecule has 3 fully saturated rings. The molecule has 4 N–H and O–H groups in total. The van der Waals surface area contributed by atoms with Gasteiger partial charge in [-0.05, 0) is 78.3 Å². The van der Waals surface area contributed by atoms with Gasteiger partial charge in [0.15, 0.2) is 0 Å². The highest BCUT2D eigenvalue weighted by molar-refractivity contribution is 5.77. The minimum atomic E-state index is -0.369. The van der Waals surface area contributed by atoms with Gasteiger partial charge in [-0.15, -0.1) is 0 Å². The standard InChI is InChI=1S/C14H25NO2.CH5N/c1-12(2,3)17-11(16)14-7-4-13(10-15,5-8-14)6-9-14;1-2/h4-10,15H2,1-3H3;2H2,1H3. The molecule has 0 saturated heterocycles. The average molecular weight is 270 g/mol. The van der Waals surface area contributed by atoms with Crippen molar-refractivity contribution in [3.8, 4) is 0 Å². The summed E-state index contributed by atoms with van der Waals surface area (Å²) in [6, 6.07) is 0. The Labute approximate surface area is 117 Å². The second kappa shape index (κ2) is 5.80. The van der Waals surface area contributed by atoms with Crippen molar-refractivity contribution in [2.24, 2.45) is 22.3 Å². The van der Waals surface area contributed by atoms with Crippen LogP contribution in [0.4, 0.5) is 0 Å². The van der Waals surface area contributed by atoms with Crippen molar-refractivity contribution in [2.45, 2.75) is 64.9 Å². The van der Waals surface area contributed by atoms with Crippen molar-refractivity contribution in [3.63, 3.8) is 0 Å². The first-order valence-corrected chi connectivity index (χ1v) is 7.32. The number of fused-ring (bicyclic) bond motifs is 3. The molecule has 112 valence electrons. The van der Waals surface area contributed by atoms with Crippen molar-refractivity contribution in [1.82, 2.24) is 0 Å². The van der Waals surface area contributed by atoms with Crippen LogP contribution in [0.25, 0.3) is 0 Å². The molecule has 0 atom stereocenters. The van der Waals surface area contributed by atoms with Crippen LogP contribution in [0.15, 0.2) is 0 Å². The van der Waals surface area contributed by atoms with Gasteiger partial charge in [0, 0.05) is 0 Å². The van der Waals surface area contributed by atoms with Crippen molar-refractivity contribution < 1.29 is 9.53 Å². The van der Waals surface area contributed by atoms with E-state index in [1.807, 2.05) is 20.8 Å². The van der Waals surface area contributed by atoms with E-state index in [0.29, 0.717) is 5.41 Å². The Morgan fingerprint density at radius 1 is 1.05 bits per heavy atom. The van der Waals surface area contributed by atoms with Gasteiger partial charge < -0.3 is 16.2 Å². The Morgan fingerprint density at radius 2 is 1.47 bits per heavy atom. The van der Waals surface area contributed by atoms with Crippen LogP contribution in [0.1, 0.15) is 59.3 Å². The first kappa shape index (κ1) is 16.4. The molecule has 4 nitrogen and oxygen atoms in total. The Kier molecular flexibility index (Phi) is 5.02. The van der Waals surface area contributed by atoms with Crippen LogP contribution in [0.2, 0.25) is 0 Å². The van der Waals surface area contributed by atoms with Crippen LogP contribution >= 0.6 is 0 Å². The molecule has 0 aromatic rings. The summed E-state index contributed by atoms with van der Waals surface area (Å²) in [4.78, 5) is 12.3. The molecule has 3 rings (SSSR count). The van der Waals surface area contributed by atoms with E-state index in [9.17, 15) is 4.79 Å². The summed E-state index contributed by atoms with van der Waals surface area (Å²) < 4.78 is 5.59. The number of carbonyl (C=O) groups excluding carboxylic acids is 1. The van der Waals surface area contributed by atoms with Crippen LogP contribution in [-0.2, 0) is 9.53 Å². The van der Waals surface area contributed by atoms with E-state index < -0.39 is 0 Å². The van der Waals surface area contributed by atoms with Gasteiger partial charge in [0.05, 0.1) is 5.41 Å². The van der Waals surface area contributed by atoms with Crippen LogP contribution in [0, 0.1) is 10.8 Å².